The second kappa shape index (κ2) is 4.14. The molecule has 0 aliphatic carbocycles. The summed E-state index contributed by atoms with van der Waals surface area (Å²) >= 11 is 0. The number of amides is 1. The Labute approximate surface area is 84.4 Å². The Bertz CT molecular complexity index is 213. The van der Waals surface area contributed by atoms with Crippen LogP contribution < -0.4 is 16.4 Å². The summed E-state index contributed by atoms with van der Waals surface area (Å²) in [5.41, 5.74) is 5.30. The van der Waals surface area contributed by atoms with Crippen molar-refractivity contribution in [2.45, 2.75) is 38.5 Å². The highest BCUT2D eigenvalue weighted by atomic mass is 16.6. The van der Waals surface area contributed by atoms with E-state index in [4.69, 9.17) is 10.5 Å². The number of alkyl carbamates (subject to hydrolysis) is 1. The third kappa shape index (κ3) is 3.51. The third-order valence-electron chi connectivity index (χ3n) is 1.96. The molecule has 0 saturated carbocycles. The molecule has 1 saturated heterocycles. The molecule has 82 valence electrons. The van der Waals surface area contributed by atoms with E-state index in [1.165, 1.54) is 0 Å². The van der Waals surface area contributed by atoms with Crippen LogP contribution in [-0.4, -0.2) is 36.9 Å². The minimum atomic E-state index is -0.458. The number of ether oxygens (including phenoxy) is 1. The molecule has 1 heterocycles. The summed E-state index contributed by atoms with van der Waals surface area (Å²) < 4.78 is 5.11. The van der Waals surface area contributed by atoms with Crippen molar-refractivity contribution in [1.82, 2.24) is 10.6 Å². The van der Waals surface area contributed by atoms with Crippen molar-refractivity contribution in [3.05, 3.63) is 0 Å². The van der Waals surface area contributed by atoms with E-state index in [2.05, 4.69) is 10.6 Å². The van der Waals surface area contributed by atoms with E-state index in [0.717, 1.165) is 6.54 Å². The number of nitrogens with two attached hydrogens (primary N) is 1. The number of nitrogens with one attached hydrogen (secondary N) is 2. The molecule has 1 aliphatic rings. The van der Waals surface area contributed by atoms with E-state index in [9.17, 15) is 4.79 Å². The van der Waals surface area contributed by atoms with Crippen molar-refractivity contribution in [3.8, 4) is 0 Å². The predicted molar refractivity (Wildman–Crippen MR) is 54.0 cm³/mol. The Balaban J connectivity index is 2.33. The quantitative estimate of drug-likeness (QED) is 0.549. The fraction of sp³-hybridized carbons (Fsp3) is 0.889. The number of hydrogen-bond acceptors (Lipinski definition) is 4. The first-order valence-corrected chi connectivity index (χ1v) is 4.84. The average Bonchev–Trinajstić information content (AvgIpc) is 2.32. The summed E-state index contributed by atoms with van der Waals surface area (Å²) in [5.74, 6) is 0. The van der Waals surface area contributed by atoms with Gasteiger partial charge in [-0.3, -0.25) is 0 Å². The monoisotopic (exact) mass is 201 g/mol. The molecule has 5 heteroatoms. The first-order valence-electron chi connectivity index (χ1n) is 4.84. The molecule has 1 fully saturated rings. The Morgan fingerprint density at radius 1 is 1.50 bits per heavy atom. The zero-order valence-corrected chi connectivity index (χ0v) is 8.96. The Hall–Kier alpha value is -0.810. The van der Waals surface area contributed by atoms with Gasteiger partial charge in [0, 0.05) is 19.1 Å². The van der Waals surface area contributed by atoms with Crippen molar-refractivity contribution in [1.29, 1.82) is 0 Å². The van der Waals surface area contributed by atoms with Gasteiger partial charge in [-0.1, -0.05) is 0 Å². The van der Waals surface area contributed by atoms with Crippen molar-refractivity contribution in [2.75, 3.05) is 13.1 Å². The normalized spacial score (nSPS) is 27.4. The highest BCUT2D eigenvalue weighted by Crippen LogP contribution is 2.07. The lowest BCUT2D eigenvalue weighted by Crippen LogP contribution is -2.48. The van der Waals surface area contributed by atoms with Crippen LogP contribution in [0.4, 0.5) is 4.79 Å². The molecule has 0 aromatic rings. The van der Waals surface area contributed by atoms with Gasteiger partial charge in [-0.2, -0.15) is 0 Å². The van der Waals surface area contributed by atoms with Crippen molar-refractivity contribution in [3.63, 3.8) is 0 Å². The van der Waals surface area contributed by atoms with Crippen LogP contribution in [0.25, 0.3) is 0 Å². The molecule has 4 N–H and O–H groups in total. The minimum absolute atomic E-state index is 0.0233. The summed E-state index contributed by atoms with van der Waals surface area (Å²) in [6, 6.07) is -0.0487. The highest BCUT2D eigenvalue weighted by Gasteiger charge is 2.26. The lowest BCUT2D eigenvalue weighted by atomic mass is 10.2. The van der Waals surface area contributed by atoms with Crippen LogP contribution >= 0.6 is 0 Å². The van der Waals surface area contributed by atoms with Gasteiger partial charge in [0.25, 0.3) is 0 Å². The minimum Gasteiger partial charge on any atom is -0.444 e. The van der Waals surface area contributed by atoms with E-state index in [0.29, 0.717) is 6.54 Å². The molecule has 1 amide bonds. The number of rotatable bonds is 1. The van der Waals surface area contributed by atoms with E-state index >= 15 is 0 Å². The van der Waals surface area contributed by atoms with Gasteiger partial charge in [-0.05, 0) is 20.8 Å². The maximum Gasteiger partial charge on any atom is 0.407 e. The fourth-order valence-electron chi connectivity index (χ4n) is 1.32. The van der Waals surface area contributed by atoms with Crippen LogP contribution in [0.5, 0.6) is 0 Å². The highest BCUT2D eigenvalue weighted by molar-refractivity contribution is 5.68. The van der Waals surface area contributed by atoms with Crippen molar-refractivity contribution >= 4 is 6.09 Å². The van der Waals surface area contributed by atoms with E-state index < -0.39 is 11.7 Å². The van der Waals surface area contributed by atoms with Crippen LogP contribution in [-0.2, 0) is 4.74 Å². The van der Waals surface area contributed by atoms with Crippen LogP contribution in [0, 0.1) is 0 Å². The summed E-state index contributed by atoms with van der Waals surface area (Å²) in [6.45, 7) is 6.94. The van der Waals surface area contributed by atoms with Gasteiger partial charge in [0.2, 0.25) is 0 Å². The molecule has 0 aromatic heterocycles. The van der Waals surface area contributed by atoms with Gasteiger partial charge in [0.15, 0.2) is 0 Å². The zero-order chi connectivity index (χ0) is 10.8. The molecule has 0 unspecified atom stereocenters. The van der Waals surface area contributed by atoms with Gasteiger partial charge >= 0.3 is 6.09 Å². The first-order chi connectivity index (χ1) is 6.38. The SMILES string of the molecule is CC(C)(C)OC(=O)N[C@@H]1CNC[C@H]1N. The largest absolute Gasteiger partial charge is 0.444 e. The Morgan fingerprint density at radius 2 is 2.14 bits per heavy atom. The molecule has 0 bridgehead atoms. The van der Waals surface area contributed by atoms with E-state index in [1.54, 1.807) is 0 Å². The Kier molecular flexibility index (Phi) is 3.34. The summed E-state index contributed by atoms with van der Waals surface area (Å²) in [7, 11) is 0. The molecule has 0 aromatic carbocycles. The Morgan fingerprint density at radius 3 is 2.57 bits per heavy atom. The standard InChI is InChI=1S/C9H19N3O2/c1-9(2,3)14-8(13)12-7-5-11-4-6(7)10/h6-7,11H,4-5,10H2,1-3H3,(H,12,13)/t6-,7-/m1/s1. The van der Waals surface area contributed by atoms with Crippen LogP contribution in [0.15, 0.2) is 0 Å². The van der Waals surface area contributed by atoms with Crippen molar-refractivity contribution < 1.29 is 9.53 Å². The van der Waals surface area contributed by atoms with Crippen LogP contribution in [0.2, 0.25) is 0 Å². The number of carbonyl (C=O) groups is 1. The van der Waals surface area contributed by atoms with E-state index in [-0.39, 0.29) is 12.1 Å². The maximum absolute atomic E-state index is 11.3. The summed E-state index contributed by atoms with van der Waals surface area (Å²) in [4.78, 5) is 11.3. The first kappa shape index (κ1) is 11.3. The maximum atomic E-state index is 11.3. The van der Waals surface area contributed by atoms with Gasteiger partial charge < -0.3 is 21.1 Å². The molecule has 1 rings (SSSR count). The third-order valence-corrected chi connectivity index (χ3v) is 1.96. The fourth-order valence-corrected chi connectivity index (χ4v) is 1.32. The van der Waals surface area contributed by atoms with Gasteiger partial charge in [-0.15, -0.1) is 0 Å². The van der Waals surface area contributed by atoms with Gasteiger partial charge in [0.05, 0.1) is 6.04 Å². The lowest BCUT2D eigenvalue weighted by molar-refractivity contribution is 0.0505. The predicted octanol–water partition coefficient (Wildman–Crippen LogP) is -0.190. The van der Waals surface area contributed by atoms with Gasteiger partial charge in [-0.25, -0.2) is 4.79 Å². The molecule has 0 radical (unpaired) electrons. The molecular formula is C9H19N3O2. The molecule has 2 atom stereocenters. The zero-order valence-electron chi connectivity index (χ0n) is 8.96. The second-order valence-electron chi connectivity index (χ2n) is 4.57. The molecular weight excluding hydrogens is 182 g/mol. The van der Waals surface area contributed by atoms with Crippen molar-refractivity contribution in [2.24, 2.45) is 5.73 Å². The average molecular weight is 201 g/mol. The molecule has 14 heavy (non-hydrogen) atoms. The topological polar surface area (TPSA) is 76.4 Å². The summed E-state index contributed by atoms with van der Waals surface area (Å²) in [6.07, 6.45) is -0.401. The number of hydrogen-bond donors (Lipinski definition) is 3. The van der Waals surface area contributed by atoms with Crippen LogP contribution in [0.1, 0.15) is 20.8 Å². The summed E-state index contributed by atoms with van der Waals surface area (Å²) in [5, 5.41) is 5.83. The second-order valence-corrected chi connectivity index (χ2v) is 4.57. The van der Waals surface area contributed by atoms with Crippen LogP contribution in [0.3, 0.4) is 0 Å². The smallest absolute Gasteiger partial charge is 0.407 e. The van der Waals surface area contributed by atoms with E-state index in [1.807, 2.05) is 20.8 Å². The number of carbonyl (C=O) groups excluding carboxylic acids is 1. The molecule has 1 aliphatic heterocycles. The molecule has 0 spiro atoms. The molecule has 5 nitrogen and oxygen atoms in total. The van der Waals surface area contributed by atoms with Gasteiger partial charge in [0.1, 0.15) is 5.60 Å². The lowest BCUT2D eigenvalue weighted by Gasteiger charge is -2.22.